The summed E-state index contributed by atoms with van der Waals surface area (Å²) in [5.74, 6) is -3.77. The molecule has 3 N–H and O–H groups in total. The van der Waals surface area contributed by atoms with Crippen molar-refractivity contribution < 1.29 is 31.9 Å². The second-order valence-corrected chi connectivity index (χ2v) is 9.72. The van der Waals surface area contributed by atoms with E-state index in [1.54, 1.807) is 23.1 Å². The SMILES string of the molecule is CCc1cc(Nc2nccn3c(-c4ccc(OC(F)F)c(F)c4F)cnc23)ccc1C(=O)NCCC(=O)N1CCNCC1. The number of hydrogen-bond donors (Lipinski definition) is 3. The average Bonchev–Trinajstić information content (AvgIpc) is 3.44. The van der Waals surface area contributed by atoms with Gasteiger partial charge in [0, 0.05) is 68.4 Å². The summed E-state index contributed by atoms with van der Waals surface area (Å²) in [6.45, 7) is 1.68. The van der Waals surface area contributed by atoms with E-state index in [9.17, 15) is 27.2 Å². The van der Waals surface area contributed by atoms with Gasteiger partial charge in [-0.25, -0.2) is 14.4 Å². The fourth-order valence-corrected chi connectivity index (χ4v) is 4.90. The smallest absolute Gasteiger partial charge is 0.387 e. The number of carbonyl (C=O) groups is 2. The van der Waals surface area contributed by atoms with Crippen molar-refractivity contribution in [2.24, 2.45) is 0 Å². The van der Waals surface area contributed by atoms with E-state index >= 15 is 0 Å². The molecule has 4 aromatic rings. The van der Waals surface area contributed by atoms with Crippen molar-refractivity contribution in [3.8, 4) is 17.0 Å². The third kappa shape index (κ3) is 6.53. The maximum absolute atomic E-state index is 14.8. The Bertz CT molecular complexity index is 1640. The van der Waals surface area contributed by atoms with Gasteiger partial charge in [-0.2, -0.15) is 13.2 Å². The fourth-order valence-electron chi connectivity index (χ4n) is 4.90. The number of nitrogens with one attached hydrogen (secondary N) is 3. The first-order valence-electron chi connectivity index (χ1n) is 13.7. The number of hydrogen-bond acceptors (Lipinski definition) is 7. The molecule has 3 heterocycles. The third-order valence-electron chi connectivity index (χ3n) is 7.05. The molecule has 10 nitrogen and oxygen atoms in total. The highest BCUT2D eigenvalue weighted by Crippen LogP contribution is 2.32. The van der Waals surface area contributed by atoms with E-state index in [2.05, 4.69) is 30.7 Å². The normalized spacial score (nSPS) is 13.4. The Hall–Kier alpha value is -4.72. The lowest BCUT2D eigenvalue weighted by molar-refractivity contribution is -0.131. The van der Waals surface area contributed by atoms with Gasteiger partial charge in [0.1, 0.15) is 0 Å². The molecule has 5 rings (SSSR count). The maximum Gasteiger partial charge on any atom is 0.387 e. The maximum atomic E-state index is 14.8. The van der Waals surface area contributed by atoms with E-state index in [1.165, 1.54) is 23.0 Å². The van der Waals surface area contributed by atoms with E-state index < -0.39 is 24.0 Å². The molecule has 2 aromatic heterocycles. The van der Waals surface area contributed by atoms with Crippen molar-refractivity contribution in [3.63, 3.8) is 0 Å². The lowest BCUT2D eigenvalue weighted by Gasteiger charge is -2.27. The quantitative estimate of drug-likeness (QED) is 0.235. The van der Waals surface area contributed by atoms with Gasteiger partial charge in [-0.15, -0.1) is 0 Å². The van der Waals surface area contributed by atoms with Gasteiger partial charge in [0.15, 0.2) is 23.0 Å². The fraction of sp³-hybridized carbons (Fsp3) is 0.310. The summed E-state index contributed by atoms with van der Waals surface area (Å²) in [5, 5.41) is 9.18. The highest BCUT2D eigenvalue weighted by molar-refractivity contribution is 5.96. The van der Waals surface area contributed by atoms with Crippen LogP contribution in [0.3, 0.4) is 0 Å². The number of fused-ring (bicyclic) bond motifs is 1. The Labute approximate surface area is 244 Å². The summed E-state index contributed by atoms with van der Waals surface area (Å²) in [4.78, 5) is 35.7. The highest BCUT2D eigenvalue weighted by atomic mass is 19.3. The van der Waals surface area contributed by atoms with Crippen molar-refractivity contribution in [1.82, 2.24) is 29.9 Å². The Morgan fingerprint density at radius 2 is 1.88 bits per heavy atom. The molecule has 2 amide bonds. The van der Waals surface area contributed by atoms with Gasteiger partial charge < -0.3 is 25.6 Å². The monoisotopic (exact) mass is 599 g/mol. The number of nitrogens with zero attached hydrogens (tertiary/aromatic N) is 4. The van der Waals surface area contributed by atoms with Crippen LogP contribution in [0.1, 0.15) is 29.3 Å². The van der Waals surface area contributed by atoms with Gasteiger partial charge in [0.05, 0.1) is 11.9 Å². The van der Waals surface area contributed by atoms with Gasteiger partial charge in [-0.1, -0.05) is 6.92 Å². The number of ether oxygens (including phenoxy) is 1. The van der Waals surface area contributed by atoms with Crippen LogP contribution in [0.5, 0.6) is 5.75 Å². The summed E-state index contributed by atoms with van der Waals surface area (Å²) in [7, 11) is 0. The largest absolute Gasteiger partial charge is 0.432 e. The van der Waals surface area contributed by atoms with Crippen molar-refractivity contribution in [2.45, 2.75) is 26.4 Å². The lowest BCUT2D eigenvalue weighted by Crippen LogP contribution is -2.47. The number of aromatic nitrogens is 3. The molecule has 1 fully saturated rings. The van der Waals surface area contributed by atoms with Crippen molar-refractivity contribution in [3.05, 3.63) is 71.7 Å². The molecule has 226 valence electrons. The zero-order valence-electron chi connectivity index (χ0n) is 23.2. The molecular weight excluding hydrogens is 570 g/mol. The second-order valence-electron chi connectivity index (χ2n) is 9.72. The van der Waals surface area contributed by atoms with Gasteiger partial charge in [0.2, 0.25) is 11.7 Å². The molecule has 0 atom stereocenters. The minimum atomic E-state index is -3.30. The zero-order valence-corrected chi connectivity index (χ0v) is 23.2. The Kier molecular flexibility index (Phi) is 9.04. The zero-order chi connectivity index (χ0) is 30.5. The first kappa shape index (κ1) is 29.8. The molecule has 1 aliphatic heterocycles. The Balaban J connectivity index is 1.30. The van der Waals surface area contributed by atoms with E-state index in [0.717, 1.165) is 30.8 Å². The molecule has 0 radical (unpaired) electrons. The number of benzene rings is 2. The minimum absolute atomic E-state index is 0.00605. The van der Waals surface area contributed by atoms with E-state index in [0.29, 0.717) is 42.2 Å². The number of rotatable bonds is 10. The molecule has 1 aliphatic rings. The number of halogens is 4. The van der Waals surface area contributed by atoms with Crippen molar-refractivity contribution in [1.29, 1.82) is 0 Å². The molecule has 0 aliphatic carbocycles. The predicted octanol–water partition coefficient (Wildman–Crippen LogP) is 4.13. The Morgan fingerprint density at radius 1 is 1.09 bits per heavy atom. The number of piperazine rings is 1. The third-order valence-corrected chi connectivity index (χ3v) is 7.05. The van der Waals surface area contributed by atoms with E-state index in [-0.39, 0.29) is 36.0 Å². The summed E-state index contributed by atoms with van der Waals surface area (Å²) in [6.07, 6.45) is 5.03. The van der Waals surface area contributed by atoms with E-state index in [4.69, 9.17) is 0 Å². The van der Waals surface area contributed by atoms with Gasteiger partial charge in [0.25, 0.3) is 5.91 Å². The van der Waals surface area contributed by atoms with Gasteiger partial charge in [-0.3, -0.25) is 14.0 Å². The standard InChI is InChI=1S/C29H29F4N7O3/c1-2-17-15-18(3-4-19(17)28(42)36-8-7-23(41)39-12-9-34-10-13-39)38-26-27-37-16-21(40(27)14-11-35-26)20-5-6-22(43-29(32)33)25(31)24(20)30/h3-6,11,14-16,29,34H,2,7-10,12-13H2,1H3,(H,35,38)(H,36,42). The van der Waals surface area contributed by atoms with Crippen LogP contribution in [0.15, 0.2) is 48.9 Å². The molecular formula is C29H29F4N7O3. The predicted molar refractivity (Wildman–Crippen MR) is 150 cm³/mol. The van der Waals surface area contributed by atoms with Crippen LogP contribution in [-0.4, -0.2) is 70.4 Å². The molecule has 2 aromatic carbocycles. The number of carbonyl (C=O) groups excluding carboxylic acids is 2. The van der Waals surface area contributed by atoms with Crippen LogP contribution in [0, 0.1) is 11.6 Å². The molecule has 14 heteroatoms. The number of alkyl halides is 2. The van der Waals surface area contributed by atoms with Gasteiger partial charge in [-0.05, 0) is 42.3 Å². The topological polar surface area (TPSA) is 113 Å². The number of aryl methyl sites for hydroxylation is 1. The lowest BCUT2D eigenvalue weighted by atomic mass is 10.0. The molecule has 0 unspecified atom stereocenters. The average molecular weight is 600 g/mol. The van der Waals surface area contributed by atoms with Crippen LogP contribution >= 0.6 is 0 Å². The van der Waals surface area contributed by atoms with E-state index in [1.807, 2.05) is 6.92 Å². The van der Waals surface area contributed by atoms with Crippen LogP contribution in [0.25, 0.3) is 16.9 Å². The molecule has 1 saturated heterocycles. The number of amides is 2. The number of anilines is 2. The summed E-state index contributed by atoms with van der Waals surface area (Å²) < 4.78 is 59.7. The second kappa shape index (κ2) is 13.1. The first-order valence-corrected chi connectivity index (χ1v) is 13.7. The summed E-state index contributed by atoms with van der Waals surface area (Å²) >= 11 is 0. The van der Waals surface area contributed by atoms with Crippen LogP contribution in [0.4, 0.5) is 29.1 Å². The summed E-state index contributed by atoms with van der Waals surface area (Å²) in [5.41, 5.74) is 2.10. The van der Waals surface area contributed by atoms with Crippen molar-refractivity contribution >= 4 is 29.0 Å². The molecule has 0 saturated carbocycles. The molecule has 0 spiro atoms. The van der Waals surface area contributed by atoms with Crippen LogP contribution < -0.4 is 20.7 Å². The molecule has 0 bridgehead atoms. The van der Waals surface area contributed by atoms with Crippen LogP contribution in [0.2, 0.25) is 0 Å². The molecule has 43 heavy (non-hydrogen) atoms. The highest BCUT2D eigenvalue weighted by Gasteiger charge is 2.22. The number of imidazole rings is 1. The summed E-state index contributed by atoms with van der Waals surface area (Å²) in [6, 6.07) is 7.23. The van der Waals surface area contributed by atoms with Gasteiger partial charge >= 0.3 is 6.61 Å². The Morgan fingerprint density at radius 3 is 2.63 bits per heavy atom. The van der Waals surface area contributed by atoms with Crippen molar-refractivity contribution in [2.75, 3.05) is 38.0 Å². The first-order chi connectivity index (χ1) is 20.8. The minimum Gasteiger partial charge on any atom is -0.432 e. The van der Waals surface area contributed by atoms with Crippen LogP contribution in [-0.2, 0) is 11.2 Å².